The van der Waals surface area contributed by atoms with Crippen molar-refractivity contribution < 1.29 is 0 Å². The lowest BCUT2D eigenvalue weighted by Gasteiger charge is -2.33. The zero-order chi connectivity index (χ0) is 4.62. The Morgan fingerprint density at radius 2 is 1.43 bits per heavy atom. The first kappa shape index (κ1) is 7.29. The maximum atomic E-state index is 2.33. The summed E-state index contributed by atoms with van der Waals surface area (Å²) in [6.07, 6.45) is 4.37. The number of hydrogen-bond donors (Lipinski definition) is 0. The molecule has 0 aliphatic heterocycles. The van der Waals surface area contributed by atoms with E-state index in [9.17, 15) is 0 Å². The number of rotatable bonds is 0. The van der Waals surface area contributed by atoms with Crippen molar-refractivity contribution >= 4 is 12.4 Å². The molecule has 1 aliphatic rings. The van der Waals surface area contributed by atoms with Gasteiger partial charge in [-0.3, -0.25) is 0 Å². The van der Waals surface area contributed by atoms with E-state index in [0.717, 1.165) is 5.41 Å². The molecule has 0 spiro atoms. The van der Waals surface area contributed by atoms with Gasteiger partial charge in [0.05, 0.1) is 0 Å². The standard InChI is InChI=1S/C6H12.ClH/c1-6(2)4-3-5-6;/h3-5H2,1-2H3;1H. The Bertz CT molecular complexity index is 51.2. The topological polar surface area (TPSA) is 0 Å². The van der Waals surface area contributed by atoms with Crippen molar-refractivity contribution in [2.45, 2.75) is 33.1 Å². The van der Waals surface area contributed by atoms with E-state index < -0.39 is 0 Å². The molecule has 0 aromatic rings. The molecule has 0 nitrogen and oxygen atoms in total. The Hall–Kier alpha value is 0.290. The lowest BCUT2D eigenvalue weighted by Crippen LogP contribution is -2.20. The van der Waals surface area contributed by atoms with E-state index in [1.54, 1.807) is 0 Å². The number of halogens is 1. The van der Waals surface area contributed by atoms with Crippen LogP contribution in [0.1, 0.15) is 33.1 Å². The summed E-state index contributed by atoms with van der Waals surface area (Å²) in [4.78, 5) is 0. The van der Waals surface area contributed by atoms with Crippen molar-refractivity contribution in [2.75, 3.05) is 0 Å². The van der Waals surface area contributed by atoms with Gasteiger partial charge in [-0.1, -0.05) is 20.3 Å². The van der Waals surface area contributed by atoms with Crippen LogP contribution in [0.5, 0.6) is 0 Å². The second-order valence-electron chi connectivity index (χ2n) is 3.02. The Labute approximate surface area is 51.7 Å². The van der Waals surface area contributed by atoms with Crippen molar-refractivity contribution in [1.82, 2.24) is 0 Å². The molecule has 0 amide bonds. The molecule has 0 saturated heterocycles. The van der Waals surface area contributed by atoms with Crippen molar-refractivity contribution in [3.8, 4) is 0 Å². The zero-order valence-electron chi connectivity index (χ0n) is 5.03. The average Bonchev–Trinajstić information content (AvgIpc) is 1.32. The molecule has 1 fully saturated rings. The Balaban J connectivity index is 0.000000360. The van der Waals surface area contributed by atoms with Crippen molar-refractivity contribution in [3.05, 3.63) is 0 Å². The summed E-state index contributed by atoms with van der Waals surface area (Å²) < 4.78 is 0. The Morgan fingerprint density at radius 1 is 1.14 bits per heavy atom. The fourth-order valence-corrected chi connectivity index (χ4v) is 0.884. The minimum atomic E-state index is 0. The summed E-state index contributed by atoms with van der Waals surface area (Å²) >= 11 is 0. The third-order valence-corrected chi connectivity index (χ3v) is 1.71. The van der Waals surface area contributed by atoms with Crippen LogP contribution in [0.4, 0.5) is 0 Å². The molecule has 0 atom stereocenters. The van der Waals surface area contributed by atoms with Gasteiger partial charge in [-0.25, -0.2) is 0 Å². The molecule has 1 saturated carbocycles. The maximum absolute atomic E-state index is 2.33. The van der Waals surface area contributed by atoms with E-state index in [0.29, 0.717) is 0 Å². The molecular weight excluding hydrogens is 108 g/mol. The third-order valence-electron chi connectivity index (χ3n) is 1.71. The smallest absolute Gasteiger partial charge is 0.0354 e. The third kappa shape index (κ3) is 1.68. The first-order valence-electron chi connectivity index (χ1n) is 2.71. The van der Waals surface area contributed by atoms with Gasteiger partial charge in [0.1, 0.15) is 0 Å². The van der Waals surface area contributed by atoms with E-state index >= 15 is 0 Å². The van der Waals surface area contributed by atoms with Crippen LogP contribution >= 0.6 is 12.4 Å². The van der Waals surface area contributed by atoms with E-state index in [4.69, 9.17) is 0 Å². The van der Waals surface area contributed by atoms with Gasteiger partial charge in [-0.2, -0.15) is 0 Å². The van der Waals surface area contributed by atoms with Crippen LogP contribution in [0.3, 0.4) is 0 Å². The van der Waals surface area contributed by atoms with Crippen molar-refractivity contribution in [1.29, 1.82) is 0 Å². The lowest BCUT2D eigenvalue weighted by molar-refractivity contribution is 0.190. The largest absolute Gasteiger partial charge is 0.147 e. The second-order valence-corrected chi connectivity index (χ2v) is 3.02. The monoisotopic (exact) mass is 120 g/mol. The summed E-state index contributed by atoms with van der Waals surface area (Å²) in [5.41, 5.74) is 0.722. The predicted molar refractivity (Wildman–Crippen MR) is 34.9 cm³/mol. The van der Waals surface area contributed by atoms with Gasteiger partial charge >= 0.3 is 0 Å². The van der Waals surface area contributed by atoms with Crippen LogP contribution in [-0.4, -0.2) is 0 Å². The minimum Gasteiger partial charge on any atom is -0.147 e. The minimum absolute atomic E-state index is 0. The molecule has 0 bridgehead atoms. The molecule has 0 radical (unpaired) electrons. The molecular formula is C6H13Cl. The first-order chi connectivity index (χ1) is 2.71. The molecule has 0 aromatic heterocycles. The maximum Gasteiger partial charge on any atom is -0.0354 e. The molecule has 7 heavy (non-hydrogen) atoms. The van der Waals surface area contributed by atoms with Gasteiger partial charge in [0, 0.05) is 0 Å². The van der Waals surface area contributed by atoms with Crippen LogP contribution in [-0.2, 0) is 0 Å². The fourth-order valence-electron chi connectivity index (χ4n) is 0.884. The van der Waals surface area contributed by atoms with Gasteiger partial charge in [-0.15, -0.1) is 12.4 Å². The van der Waals surface area contributed by atoms with E-state index in [1.165, 1.54) is 19.3 Å². The van der Waals surface area contributed by atoms with E-state index in [-0.39, 0.29) is 12.4 Å². The molecule has 0 N–H and O–H groups in total. The first-order valence-corrected chi connectivity index (χ1v) is 2.71. The normalized spacial score (nSPS) is 24.9. The van der Waals surface area contributed by atoms with Crippen LogP contribution in [0.25, 0.3) is 0 Å². The van der Waals surface area contributed by atoms with Crippen LogP contribution in [0, 0.1) is 5.41 Å². The Kier molecular flexibility index (Phi) is 2.12. The zero-order valence-corrected chi connectivity index (χ0v) is 5.85. The lowest BCUT2D eigenvalue weighted by atomic mass is 9.72. The molecule has 1 heteroatoms. The highest BCUT2D eigenvalue weighted by atomic mass is 35.5. The molecule has 0 heterocycles. The van der Waals surface area contributed by atoms with Gasteiger partial charge in [-0.05, 0) is 18.3 Å². The van der Waals surface area contributed by atoms with Crippen LogP contribution < -0.4 is 0 Å². The van der Waals surface area contributed by atoms with Gasteiger partial charge in [0.2, 0.25) is 0 Å². The highest BCUT2D eigenvalue weighted by Gasteiger charge is 2.24. The van der Waals surface area contributed by atoms with Crippen molar-refractivity contribution in [3.63, 3.8) is 0 Å². The summed E-state index contributed by atoms with van der Waals surface area (Å²) in [6.45, 7) is 4.66. The molecule has 0 aromatic carbocycles. The fraction of sp³-hybridized carbons (Fsp3) is 1.00. The number of hydrogen-bond acceptors (Lipinski definition) is 0. The SMILES string of the molecule is CC1(C)CCC1.Cl. The molecule has 1 aliphatic carbocycles. The molecule has 44 valence electrons. The van der Waals surface area contributed by atoms with Crippen LogP contribution in [0.15, 0.2) is 0 Å². The van der Waals surface area contributed by atoms with E-state index in [1.807, 2.05) is 0 Å². The van der Waals surface area contributed by atoms with Crippen LogP contribution in [0.2, 0.25) is 0 Å². The van der Waals surface area contributed by atoms with Gasteiger partial charge in [0.15, 0.2) is 0 Å². The van der Waals surface area contributed by atoms with Crippen molar-refractivity contribution in [2.24, 2.45) is 5.41 Å². The highest BCUT2D eigenvalue weighted by molar-refractivity contribution is 5.85. The predicted octanol–water partition coefficient (Wildman–Crippen LogP) is 2.62. The summed E-state index contributed by atoms with van der Waals surface area (Å²) in [7, 11) is 0. The van der Waals surface area contributed by atoms with E-state index in [2.05, 4.69) is 13.8 Å². The summed E-state index contributed by atoms with van der Waals surface area (Å²) in [5, 5.41) is 0. The Morgan fingerprint density at radius 3 is 1.43 bits per heavy atom. The van der Waals surface area contributed by atoms with Gasteiger partial charge in [0.25, 0.3) is 0 Å². The summed E-state index contributed by atoms with van der Waals surface area (Å²) in [5.74, 6) is 0. The summed E-state index contributed by atoms with van der Waals surface area (Å²) in [6, 6.07) is 0. The highest BCUT2D eigenvalue weighted by Crippen LogP contribution is 2.38. The van der Waals surface area contributed by atoms with Gasteiger partial charge < -0.3 is 0 Å². The average molecular weight is 121 g/mol. The quantitative estimate of drug-likeness (QED) is 0.461. The second kappa shape index (κ2) is 2.04. The molecule has 0 unspecified atom stereocenters. The molecule has 1 rings (SSSR count).